The number of rotatable bonds is 5. The lowest BCUT2D eigenvalue weighted by molar-refractivity contribution is -0.150. The molecule has 0 aromatic heterocycles. The summed E-state index contributed by atoms with van der Waals surface area (Å²) in [6, 6.07) is 3.80. The van der Waals surface area contributed by atoms with Gasteiger partial charge in [-0.15, -0.1) is 0 Å². The first-order chi connectivity index (χ1) is 12.5. The van der Waals surface area contributed by atoms with Crippen molar-refractivity contribution in [2.24, 2.45) is 11.3 Å². The number of carbonyl (C=O) groups excluding carboxylic acids is 1. The first-order valence-electron chi connectivity index (χ1n) is 9.67. The summed E-state index contributed by atoms with van der Waals surface area (Å²) >= 11 is 0. The van der Waals surface area contributed by atoms with Gasteiger partial charge in [-0.25, -0.2) is 4.79 Å². The molecule has 2 rings (SSSR count). The largest absolute Gasteiger partial charge is 0.497 e. The minimum atomic E-state index is -1.15. The lowest BCUT2D eigenvalue weighted by Crippen LogP contribution is -2.57. The average Bonchev–Trinajstić information content (AvgIpc) is 2.57. The fraction of sp³-hybridized carbons (Fsp3) is 0.636. The van der Waals surface area contributed by atoms with Crippen molar-refractivity contribution >= 4 is 11.9 Å². The van der Waals surface area contributed by atoms with Crippen molar-refractivity contribution in [1.29, 1.82) is 0 Å². The zero-order valence-corrected chi connectivity index (χ0v) is 17.4. The summed E-state index contributed by atoms with van der Waals surface area (Å²) in [7, 11) is 1.62. The molecule has 1 amide bonds. The van der Waals surface area contributed by atoms with Gasteiger partial charge in [0.15, 0.2) is 0 Å². The van der Waals surface area contributed by atoms with E-state index in [4.69, 9.17) is 4.74 Å². The third kappa shape index (κ3) is 4.82. The van der Waals surface area contributed by atoms with Gasteiger partial charge in [0, 0.05) is 0 Å². The van der Waals surface area contributed by atoms with Crippen LogP contribution in [0.3, 0.4) is 0 Å². The number of carboxylic acids is 1. The van der Waals surface area contributed by atoms with Crippen molar-refractivity contribution in [3.05, 3.63) is 28.8 Å². The number of nitrogens with one attached hydrogen (secondary N) is 1. The van der Waals surface area contributed by atoms with E-state index >= 15 is 0 Å². The second-order valence-electron chi connectivity index (χ2n) is 8.99. The molecule has 5 heteroatoms. The van der Waals surface area contributed by atoms with Gasteiger partial charge in [-0.3, -0.25) is 4.79 Å². The molecular weight excluding hydrogens is 342 g/mol. The van der Waals surface area contributed by atoms with Gasteiger partial charge in [-0.2, -0.15) is 0 Å². The third-order valence-corrected chi connectivity index (χ3v) is 6.09. The van der Waals surface area contributed by atoms with Crippen LogP contribution in [0.1, 0.15) is 63.1 Å². The maximum Gasteiger partial charge on any atom is 0.329 e. The maximum atomic E-state index is 12.7. The van der Waals surface area contributed by atoms with Crippen molar-refractivity contribution in [3.63, 3.8) is 0 Å². The van der Waals surface area contributed by atoms with Crippen LogP contribution in [0, 0.1) is 25.2 Å². The molecule has 1 saturated carbocycles. The Hall–Kier alpha value is -2.04. The van der Waals surface area contributed by atoms with Crippen LogP contribution in [0.4, 0.5) is 0 Å². The summed E-state index contributed by atoms with van der Waals surface area (Å²) in [6.45, 7) is 10.5. The minimum absolute atomic E-state index is 0.159. The third-order valence-electron chi connectivity index (χ3n) is 6.09. The normalized spacial score (nSPS) is 23.0. The molecule has 150 valence electrons. The highest BCUT2D eigenvalue weighted by Crippen LogP contribution is 2.41. The SMILES string of the molecule is COc1cc(C)c(CC(=O)NC2(C(=O)O)CCC(C(C)(C)C)CC2)c(C)c1. The Morgan fingerprint density at radius 2 is 1.70 bits per heavy atom. The predicted molar refractivity (Wildman–Crippen MR) is 106 cm³/mol. The van der Waals surface area contributed by atoms with E-state index in [0.717, 1.165) is 35.3 Å². The Bertz CT molecular complexity index is 687. The van der Waals surface area contributed by atoms with Gasteiger partial charge >= 0.3 is 5.97 Å². The summed E-state index contributed by atoms with van der Waals surface area (Å²) < 4.78 is 5.26. The van der Waals surface area contributed by atoms with Crippen LogP contribution in [0.25, 0.3) is 0 Å². The van der Waals surface area contributed by atoms with E-state index in [9.17, 15) is 14.7 Å². The van der Waals surface area contributed by atoms with Gasteiger partial charge in [0.1, 0.15) is 11.3 Å². The Morgan fingerprint density at radius 3 is 2.11 bits per heavy atom. The molecule has 0 unspecified atom stereocenters. The Labute approximate surface area is 162 Å². The number of aryl methyl sites for hydroxylation is 2. The van der Waals surface area contributed by atoms with Crippen LogP contribution >= 0.6 is 0 Å². The summed E-state index contributed by atoms with van der Waals surface area (Å²) in [6.07, 6.45) is 2.78. The first kappa shape index (κ1) is 21.3. The van der Waals surface area contributed by atoms with E-state index in [1.165, 1.54) is 0 Å². The quantitative estimate of drug-likeness (QED) is 0.815. The number of aliphatic carboxylic acids is 1. The first-order valence-corrected chi connectivity index (χ1v) is 9.67. The summed E-state index contributed by atoms with van der Waals surface area (Å²) in [5, 5.41) is 12.7. The van der Waals surface area contributed by atoms with Crippen molar-refractivity contribution < 1.29 is 19.4 Å². The van der Waals surface area contributed by atoms with E-state index < -0.39 is 11.5 Å². The molecule has 1 aromatic carbocycles. The molecule has 1 fully saturated rings. The molecule has 0 radical (unpaired) electrons. The summed E-state index contributed by atoms with van der Waals surface area (Å²) in [5.74, 6) is 0.0824. The number of carboxylic acid groups (broad SMARTS) is 1. The van der Waals surface area contributed by atoms with Crippen molar-refractivity contribution in [2.45, 2.75) is 72.3 Å². The lowest BCUT2D eigenvalue weighted by Gasteiger charge is -2.42. The number of carbonyl (C=O) groups is 2. The van der Waals surface area contributed by atoms with E-state index in [1.54, 1.807) is 7.11 Å². The molecule has 1 aliphatic carbocycles. The molecule has 2 N–H and O–H groups in total. The second-order valence-corrected chi connectivity index (χ2v) is 8.99. The number of benzene rings is 1. The number of hydrogen-bond donors (Lipinski definition) is 2. The Balaban J connectivity index is 2.12. The molecule has 0 saturated heterocycles. The minimum Gasteiger partial charge on any atom is -0.497 e. The average molecular weight is 376 g/mol. The monoisotopic (exact) mass is 375 g/mol. The van der Waals surface area contributed by atoms with Gasteiger partial charge < -0.3 is 15.2 Å². The van der Waals surface area contributed by atoms with Crippen LogP contribution in [0.15, 0.2) is 12.1 Å². The maximum absolute atomic E-state index is 12.7. The molecule has 5 nitrogen and oxygen atoms in total. The van der Waals surface area contributed by atoms with Crippen LogP contribution in [-0.2, 0) is 16.0 Å². The van der Waals surface area contributed by atoms with Crippen molar-refractivity contribution in [1.82, 2.24) is 5.32 Å². The van der Waals surface area contributed by atoms with Gasteiger partial charge in [-0.1, -0.05) is 20.8 Å². The number of methoxy groups -OCH3 is 1. The van der Waals surface area contributed by atoms with Crippen LogP contribution < -0.4 is 10.1 Å². The zero-order valence-electron chi connectivity index (χ0n) is 17.4. The standard InChI is InChI=1S/C22H33NO4/c1-14-11-17(27-6)12-15(2)18(14)13-19(24)23-22(20(25)26)9-7-16(8-10-22)21(3,4)5/h11-12,16H,7-10,13H2,1-6H3,(H,23,24)(H,25,26). The second kappa shape index (κ2) is 7.91. The number of amides is 1. The molecular formula is C22H33NO4. The van der Waals surface area contributed by atoms with Crippen LogP contribution in [-0.4, -0.2) is 29.6 Å². The van der Waals surface area contributed by atoms with E-state index in [1.807, 2.05) is 26.0 Å². The zero-order chi connectivity index (χ0) is 20.4. The molecule has 1 aliphatic rings. The van der Waals surface area contributed by atoms with E-state index in [2.05, 4.69) is 26.1 Å². The highest BCUT2D eigenvalue weighted by atomic mass is 16.5. The van der Waals surface area contributed by atoms with E-state index in [-0.39, 0.29) is 17.7 Å². The van der Waals surface area contributed by atoms with Gasteiger partial charge in [0.05, 0.1) is 13.5 Å². The predicted octanol–water partition coefficient (Wildman–Crippen LogP) is 4.03. The molecule has 1 aromatic rings. The van der Waals surface area contributed by atoms with Crippen LogP contribution in [0.2, 0.25) is 0 Å². The van der Waals surface area contributed by atoms with Crippen molar-refractivity contribution in [2.75, 3.05) is 7.11 Å². The molecule has 0 heterocycles. The highest BCUT2D eigenvalue weighted by molar-refractivity contribution is 5.88. The molecule has 0 spiro atoms. The number of ether oxygens (including phenoxy) is 1. The topological polar surface area (TPSA) is 75.6 Å². The smallest absolute Gasteiger partial charge is 0.329 e. The number of hydrogen-bond acceptors (Lipinski definition) is 3. The Kier molecular flexibility index (Phi) is 6.23. The van der Waals surface area contributed by atoms with E-state index in [0.29, 0.717) is 18.8 Å². The fourth-order valence-corrected chi connectivity index (χ4v) is 4.19. The molecule has 0 atom stereocenters. The summed E-state index contributed by atoms with van der Waals surface area (Å²) in [5.41, 5.74) is 1.89. The van der Waals surface area contributed by atoms with Gasteiger partial charge in [-0.05, 0) is 79.7 Å². The molecule has 27 heavy (non-hydrogen) atoms. The van der Waals surface area contributed by atoms with Crippen molar-refractivity contribution in [3.8, 4) is 5.75 Å². The van der Waals surface area contributed by atoms with Gasteiger partial charge in [0.25, 0.3) is 0 Å². The summed E-state index contributed by atoms with van der Waals surface area (Å²) in [4.78, 5) is 24.7. The Morgan fingerprint density at radius 1 is 1.19 bits per heavy atom. The molecule has 0 aliphatic heterocycles. The fourth-order valence-electron chi connectivity index (χ4n) is 4.19. The highest BCUT2D eigenvalue weighted by Gasteiger charge is 2.45. The van der Waals surface area contributed by atoms with Crippen LogP contribution in [0.5, 0.6) is 5.75 Å². The lowest BCUT2D eigenvalue weighted by atomic mass is 9.67. The van der Waals surface area contributed by atoms with Gasteiger partial charge in [0.2, 0.25) is 5.91 Å². The molecule has 0 bridgehead atoms.